The first kappa shape index (κ1) is 25.9. The van der Waals surface area contributed by atoms with E-state index in [1.54, 1.807) is 0 Å². The van der Waals surface area contributed by atoms with Gasteiger partial charge in [0.05, 0.1) is 38.6 Å². The van der Waals surface area contributed by atoms with Crippen LogP contribution < -0.4 is 21.0 Å². The van der Waals surface area contributed by atoms with Crippen LogP contribution in [0.5, 0.6) is 0 Å². The van der Waals surface area contributed by atoms with Gasteiger partial charge in [0, 0.05) is 12.8 Å². The van der Waals surface area contributed by atoms with E-state index >= 15 is 0 Å². The average Bonchev–Trinajstić information content (AvgIpc) is 2.83. The van der Waals surface area contributed by atoms with Crippen molar-refractivity contribution in [3.8, 4) is 0 Å². The van der Waals surface area contributed by atoms with Gasteiger partial charge < -0.3 is 4.43 Å². The van der Waals surface area contributed by atoms with Gasteiger partial charge in [-0.1, -0.05) is 81.4 Å². The normalized spacial score (nSPS) is 21.1. The van der Waals surface area contributed by atoms with Gasteiger partial charge in [0.25, 0.3) is 18.4 Å². The largest absolute Gasteiger partial charge is 0.404 e. The molecule has 7 nitrogen and oxygen atoms in total. The second-order valence-corrected chi connectivity index (χ2v) is 16.5. The lowest BCUT2D eigenvalue weighted by atomic mass is 10.1. The zero-order valence-corrected chi connectivity index (χ0v) is 23.0. The minimum atomic E-state index is -3.45. The molecule has 0 spiro atoms. The van der Waals surface area contributed by atoms with Gasteiger partial charge in [0.15, 0.2) is 0 Å². The van der Waals surface area contributed by atoms with Crippen molar-refractivity contribution in [2.75, 3.05) is 32.6 Å². The van der Waals surface area contributed by atoms with E-state index in [9.17, 15) is 8.42 Å². The van der Waals surface area contributed by atoms with Gasteiger partial charge in [-0.3, -0.25) is 19.4 Å². The van der Waals surface area contributed by atoms with Crippen LogP contribution in [-0.4, -0.2) is 71.9 Å². The molecule has 4 rings (SSSR count). The molecule has 190 valence electrons. The Labute approximate surface area is 210 Å². The summed E-state index contributed by atoms with van der Waals surface area (Å²) in [5, 5.41) is 9.56. The molecule has 0 unspecified atom stereocenters. The van der Waals surface area contributed by atoms with Crippen LogP contribution in [-0.2, 0) is 18.7 Å². The Hall–Kier alpha value is -2.20. The fourth-order valence-corrected chi connectivity index (χ4v) is 10.2. The van der Waals surface area contributed by atoms with E-state index in [2.05, 4.69) is 96.6 Å². The van der Waals surface area contributed by atoms with Gasteiger partial charge in [-0.15, -0.1) is 0 Å². The smallest absolute Gasteiger partial charge is 0.346 e. The minimum Gasteiger partial charge on any atom is -0.404 e. The molecule has 2 N–H and O–H groups in total. The first-order chi connectivity index (χ1) is 16.6. The van der Waals surface area contributed by atoms with Crippen molar-refractivity contribution in [2.24, 2.45) is 0 Å². The van der Waals surface area contributed by atoms with Gasteiger partial charge >= 0.3 is 5.96 Å². The number of hydrogen-bond donors (Lipinski definition) is 2. The standard InChI is InChI=1S/C26H37N3O4SSi/c1-26(2,3)35(23-11-7-5-8-12-23,24-13-9-6-10-14-24)33-20-22-16-18-29-17-15-21(27-25(29)28-22)19-32-34(4,30)31/h5-14,21-22H,15-20H2,1-4H3,(H,27,28)/p+1/t21-,22-/m1/s1. The summed E-state index contributed by atoms with van der Waals surface area (Å²) in [6.07, 6.45) is 2.91. The van der Waals surface area contributed by atoms with Crippen molar-refractivity contribution < 1.29 is 21.6 Å². The van der Waals surface area contributed by atoms with Crippen LogP contribution in [0, 0.1) is 0 Å². The molecule has 2 aliphatic heterocycles. The van der Waals surface area contributed by atoms with Crippen LogP contribution in [0.2, 0.25) is 5.04 Å². The number of benzene rings is 2. The van der Waals surface area contributed by atoms with E-state index in [-0.39, 0.29) is 23.7 Å². The zero-order chi connectivity index (χ0) is 25.1. The Bertz CT molecular complexity index is 1090. The number of hydrogen-bond acceptors (Lipinski definition) is 6. The molecule has 0 aliphatic carbocycles. The summed E-state index contributed by atoms with van der Waals surface area (Å²) in [5.74, 6) is 0.945. The summed E-state index contributed by atoms with van der Waals surface area (Å²) in [6.45, 7) is 9.41. The van der Waals surface area contributed by atoms with Crippen molar-refractivity contribution >= 4 is 34.8 Å². The Morgan fingerprint density at radius 1 is 0.886 bits per heavy atom. The summed E-state index contributed by atoms with van der Waals surface area (Å²) >= 11 is 0. The monoisotopic (exact) mass is 516 g/mol. The Morgan fingerprint density at radius 2 is 1.37 bits per heavy atom. The van der Waals surface area contributed by atoms with Crippen molar-refractivity contribution in [1.29, 1.82) is 0 Å². The SMILES string of the molecule is CC(C)(C)[Si](OC[C@H]1CC[N+]2=C(N1)N[C@@H](COS(C)(=O)=O)CC2)(c1ccccc1)c1ccccc1. The zero-order valence-electron chi connectivity index (χ0n) is 21.2. The molecule has 2 heterocycles. The second-order valence-electron chi connectivity index (χ2n) is 10.6. The predicted octanol–water partition coefficient (Wildman–Crippen LogP) is 1.63. The van der Waals surface area contributed by atoms with E-state index in [1.165, 1.54) is 10.4 Å². The number of nitrogens with one attached hydrogen (secondary N) is 2. The Morgan fingerprint density at radius 3 is 1.83 bits per heavy atom. The summed E-state index contributed by atoms with van der Waals surface area (Å²) in [6, 6.07) is 21.5. The van der Waals surface area contributed by atoms with Crippen molar-refractivity contribution in [2.45, 2.75) is 50.7 Å². The van der Waals surface area contributed by atoms with E-state index in [0.717, 1.165) is 38.1 Å². The first-order valence-corrected chi connectivity index (χ1v) is 16.1. The molecule has 0 saturated carbocycles. The van der Waals surface area contributed by atoms with Gasteiger partial charge in [-0.25, -0.2) is 0 Å². The van der Waals surface area contributed by atoms with Crippen LogP contribution in [0.1, 0.15) is 33.6 Å². The van der Waals surface area contributed by atoms with Crippen molar-refractivity contribution in [1.82, 2.24) is 10.6 Å². The lowest BCUT2D eigenvalue weighted by Crippen LogP contribution is -2.68. The highest BCUT2D eigenvalue weighted by atomic mass is 32.2. The molecule has 35 heavy (non-hydrogen) atoms. The minimum absolute atomic E-state index is 0.0418. The maximum absolute atomic E-state index is 11.4. The summed E-state index contributed by atoms with van der Waals surface area (Å²) < 4.78 is 37.3. The van der Waals surface area contributed by atoms with Crippen molar-refractivity contribution in [3.63, 3.8) is 0 Å². The number of guanidine groups is 1. The van der Waals surface area contributed by atoms with Crippen LogP contribution in [0.4, 0.5) is 0 Å². The van der Waals surface area contributed by atoms with Gasteiger partial charge in [-0.2, -0.15) is 8.42 Å². The van der Waals surface area contributed by atoms with Crippen LogP contribution in [0.25, 0.3) is 0 Å². The van der Waals surface area contributed by atoms with Crippen LogP contribution in [0.3, 0.4) is 0 Å². The lowest BCUT2D eigenvalue weighted by Gasteiger charge is -2.44. The third-order valence-electron chi connectivity index (χ3n) is 6.89. The summed E-state index contributed by atoms with van der Waals surface area (Å²) in [7, 11) is -6.05. The average molecular weight is 517 g/mol. The first-order valence-electron chi connectivity index (χ1n) is 12.3. The summed E-state index contributed by atoms with van der Waals surface area (Å²) in [5.41, 5.74) is 0. The molecule has 9 heteroatoms. The highest BCUT2D eigenvalue weighted by molar-refractivity contribution is 7.85. The molecule has 0 saturated heterocycles. The van der Waals surface area contributed by atoms with E-state index in [4.69, 9.17) is 8.61 Å². The number of rotatable bonds is 8. The van der Waals surface area contributed by atoms with Crippen LogP contribution in [0.15, 0.2) is 60.7 Å². The van der Waals surface area contributed by atoms with E-state index in [0.29, 0.717) is 6.61 Å². The topological polar surface area (TPSA) is 79.7 Å². The fourth-order valence-electron chi connectivity index (χ4n) is 5.16. The molecular weight excluding hydrogens is 478 g/mol. The van der Waals surface area contributed by atoms with E-state index in [1.807, 2.05) is 0 Å². The molecular formula is C26H38N3O4SSi+. The molecule has 2 aliphatic rings. The molecule has 0 aromatic heterocycles. The van der Waals surface area contributed by atoms with Gasteiger partial charge in [-0.05, 0) is 15.4 Å². The van der Waals surface area contributed by atoms with E-state index < -0.39 is 18.4 Å². The Balaban J connectivity index is 1.53. The molecule has 0 fully saturated rings. The highest BCUT2D eigenvalue weighted by Crippen LogP contribution is 2.36. The quantitative estimate of drug-likeness (QED) is 0.316. The molecule has 0 bridgehead atoms. The Kier molecular flexibility index (Phi) is 7.70. The fraction of sp³-hybridized carbons (Fsp3) is 0.500. The maximum Gasteiger partial charge on any atom is 0.346 e. The third kappa shape index (κ3) is 5.96. The predicted molar refractivity (Wildman–Crippen MR) is 142 cm³/mol. The highest BCUT2D eigenvalue weighted by Gasteiger charge is 2.50. The lowest BCUT2D eigenvalue weighted by molar-refractivity contribution is -0.542. The number of nitrogens with zero attached hydrogens (tertiary/aromatic N) is 1. The summed E-state index contributed by atoms with van der Waals surface area (Å²) in [4.78, 5) is 0. The van der Waals surface area contributed by atoms with Crippen molar-refractivity contribution in [3.05, 3.63) is 60.7 Å². The molecule has 2 aromatic carbocycles. The molecule has 0 radical (unpaired) electrons. The molecule has 0 amide bonds. The van der Waals surface area contributed by atoms with Gasteiger partial charge in [0.2, 0.25) is 0 Å². The van der Waals surface area contributed by atoms with Crippen LogP contribution >= 0.6 is 0 Å². The van der Waals surface area contributed by atoms with Gasteiger partial charge in [0.1, 0.15) is 6.04 Å². The molecule has 2 aromatic rings. The third-order valence-corrected chi connectivity index (χ3v) is 12.5. The second kappa shape index (κ2) is 10.4. The maximum atomic E-state index is 11.4. The molecule has 2 atom stereocenters.